The molecule has 2 aromatic carbocycles. The Morgan fingerprint density at radius 3 is 2.81 bits per heavy atom. The molecule has 5 heteroatoms. The molecule has 2 amide bonds. The first-order valence-corrected chi connectivity index (χ1v) is 9.78. The number of nitrogens with one attached hydrogen (secondary N) is 1. The molecular formula is C22H27N3O2. The number of para-hydroxylation sites is 1. The minimum atomic E-state index is -0.000837. The molecule has 0 bridgehead atoms. The highest BCUT2D eigenvalue weighted by Gasteiger charge is 2.30. The van der Waals surface area contributed by atoms with Gasteiger partial charge in [0.25, 0.3) is 0 Å². The van der Waals surface area contributed by atoms with E-state index in [0.29, 0.717) is 6.04 Å². The van der Waals surface area contributed by atoms with E-state index in [1.54, 1.807) is 7.11 Å². The van der Waals surface area contributed by atoms with Crippen LogP contribution in [0, 0.1) is 0 Å². The van der Waals surface area contributed by atoms with Gasteiger partial charge in [-0.05, 0) is 49.6 Å². The topological polar surface area (TPSA) is 44.8 Å². The first-order chi connectivity index (χ1) is 13.2. The van der Waals surface area contributed by atoms with Gasteiger partial charge in [-0.2, -0.15) is 0 Å². The number of carbonyl (C=O) groups excluding carboxylic acids is 1. The Morgan fingerprint density at radius 1 is 1.07 bits per heavy atom. The lowest BCUT2D eigenvalue weighted by molar-refractivity contribution is 0.200. The minimum Gasteiger partial charge on any atom is -0.497 e. The number of nitrogens with zero attached hydrogens (tertiary/aromatic N) is 2. The fourth-order valence-corrected chi connectivity index (χ4v) is 4.22. The van der Waals surface area contributed by atoms with E-state index in [4.69, 9.17) is 4.74 Å². The molecule has 0 aliphatic carbocycles. The van der Waals surface area contributed by atoms with Crippen LogP contribution in [0.25, 0.3) is 11.1 Å². The maximum atomic E-state index is 13.0. The summed E-state index contributed by atoms with van der Waals surface area (Å²) in [5, 5.41) is 3.15. The Kier molecular flexibility index (Phi) is 5.30. The Hall–Kier alpha value is -2.53. The Labute approximate surface area is 160 Å². The summed E-state index contributed by atoms with van der Waals surface area (Å²) in [5.41, 5.74) is 2.87. The van der Waals surface area contributed by atoms with E-state index in [2.05, 4.69) is 10.2 Å². The number of ether oxygens (including phenoxy) is 1. The Balaban J connectivity index is 1.53. The number of rotatable bonds is 3. The van der Waals surface area contributed by atoms with Gasteiger partial charge >= 0.3 is 6.03 Å². The number of urea groups is 1. The molecule has 0 saturated carbocycles. The van der Waals surface area contributed by atoms with Crippen LogP contribution in [0.15, 0.2) is 48.5 Å². The summed E-state index contributed by atoms with van der Waals surface area (Å²) in [4.78, 5) is 17.5. The molecule has 2 aromatic rings. The second kappa shape index (κ2) is 8.01. The molecule has 2 heterocycles. The van der Waals surface area contributed by atoms with Gasteiger partial charge in [0.2, 0.25) is 0 Å². The summed E-state index contributed by atoms with van der Waals surface area (Å²) in [7, 11) is 1.67. The van der Waals surface area contributed by atoms with Gasteiger partial charge in [-0.3, -0.25) is 4.90 Å². The molecule has 1 N–H and O–H groups in total. The van der Waals surface area contributed by atoms with Gasteiger partial charge in [-0.15, -0.1) is 0 Å². The van der Waals surface area contributed by atoms with E-state index in [0.717, 1.165) is 48.6 Å². The highest BCUT2D eigenvalue weighted by atomic mass is 16.5. The highest BCUT2D eigenvalue weighted by Crippen LogP contribution is 2.30. The lowest BCUT2D eigenvalue weighted by Crippen LogP contribution is -2.41. The second-order valence-electron chi connectivity index (χ2n) is 7.34. The third kappa shape index (κ3) is 3.93. The van der Waals surface area contributed by atoms with E-state index in [9.17, 15) is 4.79 Å². The standard InChI is InChI=1S/C22H27N3O2/c1-27-19-9-4-7-17(15-19)20-10-2-3-11-21(20)23-22(26)25-14-6-13-24-12-5-8-18(24)16-25/h2-4,7,9-11,15,18H,5-6,8,12-14,16H2,1H3,(H,23,26). The van der Waals surface area contributed by atoms with Gasteiger partial charge in [-0.25, -0.2) is 4.79 Å². The molecule has 142 valence electrons. The normalized spacial score (nSPS) is 20.0. The van der Waals surface area contributed by atoms with Gasteiger partial charge in [0.1, 0.15) is 5.75 Å². The maximum Gasteiger partial charge on any atom is 0.321 e. The summed E-state index contributed by atoms with van der Waals surface area (Å²) < 4.78 is 5.35. The van der Waals surface area contributed by atoms with Crippen LogP contribution in [0.2, 0.25) is 0 Å². The third-order valence-corrected chi connectivity index (χ3v) is 5.64. The number of hydrogen-bond donors (Lipinski definition) is 1. The van der Waals surface area contributed by atoms with Crippen LogP contribution in [-0.2, 0) is 0 Å². The fraction of sp³-hybridized carbons (Fsp3) is 0.409. The zero-order valence-electron chi connectivity index (χ0n) is 15.9. The van der Waals surface area contributed by atoms with E-state index < -0.39 is 0 Å². The zero-order chi connectivity index (χ0) is 18.6. The molecule has 5 nitrogen and oxygen atoms in total. The van der Waals surface area contributed by atoms with Crippen molar-refractivity contribution in [2.75, 3.05) is 38.6 Å². The lowest BCUT2D eigenvalue weighted by Gasteiger charge is -2.26. The maximum absolute atomic E-state index is 13.0. The smallest absolute Gasteiger partial charge is 0.321 e. The molecule has 0 aromatic heterocycles. The van der Waals surface area contributed by atoms with E-state index >= 15 is 0 Å². The predicted molar refractivity (Wildman–Crippen MR) is 108 cm³/mol. The molecule has 2 fully saturated rings. The Bertz CT molecular complexity index is 808. The van der Waals surface area contributed by atoms with Crippen LogP contribution in [-0.4, -0.2) is 55.2 Å². The van der Waals surface area contributed by atoms with Crippen molar-refractivity contribution in [3.63, 3.8) is 0 Å². The molecule has 1 atom stereocenters. The number of methoxy groups -OCH3 is 1. The van der Waals surface area contributed by atoms with Crippen molar-refractivity contribution in [1.82, 2.24) is 9.80 Å². The van der Waals surface area contributed by atoms with E-state index in [-0.39, 0.29) is 6.03 Å². The van der Waals surface area contributed by atoms with Gasteiger partial charge in [0.15, 0.2) is 0 Å². The quantitative estimate of drug-likeness (QED) is 0.892. The van der Waals surface area contributed by atoms with Gasteiger partial charge < -0.3 is 15.0 Å². The predicted octanol–water partition coefficient (Wildman–Crippen LogP) is 4.06. The molecular weight excluding hydrogens is 338 g/mol. The van der Waals surface area contributed by atoms with Crippen molar-refractivity contribution >= 4 is 11.7 Å². The number of benzene rings is 2. The second-order valence-corrected chi connectivity index (χ2v) is 7.34. The SMILES string of the molecule is COc1cccc(-c2ccccc2NC(=O)N2CCCN3CCCC3C2)c1. The van der Waals surface area contributed by atoms with Crippen molar-refractivity contribution < 1.29 is 9.53 Å². The summed E-state index contributed by atoms with van der Waals surface area (Å²) in [6, 6.07) is 16.4. The molecule has 1 unspecified atom stereocenters. The van der Waals surface area contributed by atoms with E-state index in [1.807, 2.05) is 53.4 Å². The monoisotopic (exact) mass is 365 g/mol. The third-order valence-electron chi connectivity index (χ3n) is 5.64. The highest BCUT2D eigenvalue weighted by molar-refractivity contribution is 5.94. The number of fused-ring (bicyclic) bond motifs is 1. The van der Waals surface area contributed by atoms with Crippen LogP contribution in [0.3, 0.4) is 0 Å². The van der Waals surface area contributed by atoms with Crippen molar-refractivity contribution in [2.24, 2.45) is 0 Å². The average molecular weight is 365 g/mol. The summed E-state index contributed by atoms with van der Waals surface area (Å²) in [6.07, 6.45) is 3.49. The molecule has 27 heavy (non-hydrogen) atoms. The van der Waals surface area contributed by atoms with Crippen LogP contribution >= 0.6 is 0 Å². The molecule has 2 saturated heterocycles. The van der Waals surface area contributed by atoms with Gasteiger partial charge in [0, 0.05) is 31.2 Å². The van der Waals surface area contributed by atoms with Crippen LogP contribution < -0.4 is 10.1 Å². The summed E-state index contributed by atoms with van der Waals surface area (Å²) in [5.74, 6) is 0.808. The van der Waals surface area contributed by atoms with Crippen LogP contribution in [0.1, 0.15) is 19.3 Å². The van der Waals surface area contributed by atoms with Crippen LogP contribution in [0.5, 0.6) is 5.75 Å². The largest absolute Gasteiger partial charge is 0.497 e. The van der Waals surface area contributed by atoms with Crippen molar-refractivity contribution in [3.05, 3.63) is 48.5 Å². The number of carbonyl (C=O) groups is 1. The van der Waals surface area contributed by atoms with Crippen molar-refractivity contribution in [2.45, 2.75) is 25.3 Å². The number of anilines is 1. The van der Waals surface area contributed by atoms with Crippen molar-refractivity contribution in [1.29, 1.82) is 0 Å². The number of amides is 2. The lowest BCUT2D eigenvalue weighted by atomic mass is 10.0. The summed E-state index contributed by atoms with van der Waals surface area (Å²) >= 11 is 0. The first kappa shape index (κ1) is 17.9. The molecule has 2 aliphatic heterocycles. The average Bonchev–Trinajstić information content (AvgIpc) is 3.05. The molecule has 4 rings (SSSR count). The number of hydrogen-bond acceptors (Lipinski definition) is 3. The molecule has 0 radical (unpaired) electrons. The van der Waals surface area contributed by atoms with Gasteiger partial charge in [0.05, 0.1) is 12.8 Å². The first-order valence-electron chi connectivity index (χ1n) is 9.78. The summed E-state index contributed by atoms with van der Waals surface area (Å²) in [6.45, 7) is 3.93. The molecule has 2 aliphatic rings. The van der Waals surface area contributed by atoms with Crippen LogP contribution in [0.4, 0.5) is 10.5 Å². The molecule has 0 spiro atoms. The van der Waals surface area contributed by atoms with Gasteiger partial charge in [-0.1, -0.05) is 30.3 Å². The minimum absolute atomic E-state index is 0.000837. The Morgan fingerprint density at radius 2 is 1.93 bits per heavy atom. The van der Waals surface area contributed by atoms with Crippen molar-refractivity contribution in [3.8, 4) is 16.9 Å². The fourth-order valence-electron chi connectivity index (χ4n) is 4.22. The van der Waals surface area contributed by atoms with E-state index in [1.165, 1.54) is 19.4 Å². The zero-order valence-corrected chi connectivity index (χ0v) is 15.9.